The summed E-state index contributed by atoms with van der Waals surface area (Å²) >= 11 is 0. The zero-order valence-electron chi connectivity index (χ0n) is 18.1. The third-order valence-corrected chi connectivity index (χ3v) is 4.43. The Kier molecular flexibility index (Phi) is 8.73. The molecule has 1 heterocycles. The Morgan fingerprint density at radius 1 is 1.23 bits per heavy atom. The number of benzene rings is 1. The quantitative estimate of drug-likeness (QED) is 0.619. The van der Waals surface area contributed by atoms with Gasteiger partial charge in [-0.05, 0) is 38.5 Å². The second-order valence-electron chi connectivity index (χ2n) is 8.03. The largest absolute Gasteiger partial charge is 0.493 e. The van der Waals surface area contributed by atoms with Crippen molar-refractivity contribution in [3.05, 3.63) is 23.8 Å². The fourth-order valence-electron chi connectivity index (χ4n) is 2.95. The normalized spacial score (nSPS) is 15.9. The van der Waals surface area contributed by atoms with Crippen LogP contribution in [0.5, 0.6) is 11.5 Å². The monoisotopic (exact) mass is 424 g/mol. The topological polar surface area (TPSA) is 107 Å². The molecule has 0 bridgehead atoms. The van der Waals surface area contributed by atoms with Gasteiger partial charge in [-0.1, -0.05) is 6.07 Å². The van der Waals surface area contributed by atoms with Crippen LogP contribution in [0.3, 0.4) is 0 Å². The molecule has 0 radical (unpaired) electrons. The van der Waals surface area contributed by atoms with Gasteiger partial charge in [-0.2, -0.15) is 0 Å². The number of hydrogen-bond acceptors (Lipinski definition) is 7. The Hall–Kier alpha value is -2.52. The van der Waals surface area contributed by atoms with E-state index in [0.717, 1.165) is 32.8 Å². The summed E-state index contributed by atoms with van der Waals surface area (Å²) in [6.45, 7) is 9.69. The average Bonchev–Trinajstić information content (AvgIpc) is 2.67. The van der Waals surface area contributed by atoms with Crippen LogP contribution in [0, 0.1) is 0 Å². The molecule has 9 heteroatoms. The van der Waals surface area contributed by atoms with Crippen LogP contribution in [0.1, 0.15) is 26.3 Å². The van der Waals surface area contributed by atoms with Crippen LogP contribution in [0.4, 0.5) is 4.79 Å². The molecule has 1 atom stereocenters. The van der Waals surface area contributed by atoms with Gasteiger partial charge in [0.25, 0.3) is 0 Å². The van der Waals surface area contributed by atoms with Gasteiger partial charge in [-0.15, -0.1) is 0 Å². The molecule has 0 aliphatic carbocycles. The number of ether oxygens (including phenoxy) is 4. The number of nitrogens with zero attached hydrogens (tertiary/aromatic N) is 1. The second-order valence-corrected chi connectivity index (χ2v) is 8.03. The second kappa shape index (κ2) is 11.0. The first-order valence-corrected chi connectivity index (χ1v) is 10.00. The fourth-order valence-corrected chi connectivity index (χ4v) is 2.95. The van der Waals surface area contributed by atoms with E-state index in [1.807, 2.05) is 0 Å². The highest BCUT2D eigenvalue weighted by Gasteiger charge is 2.24. The molecule has 168 valence electrons. The summed E-state index contributed by atoms with van der Waals surface area (Å²) in [4.78, 5) is 25.8. The van der Waals surface area contributed by atoms with Gasteiger partial charge in [-0.3, -0.25) is 4.90 Å². The maximum Gasteiger partial charge on any atom is 0.408 e. The van der Waals surface area contributed by atoms with Crippen LogP contribution in [-0.2, 0) is 20.7 Å². The molecule has 0 aromatic heterocycles. The van der Waals surface area contributed by atoms with Crippen molar-refractivity contribution in [2.75, 3.05) is 46.6 Å². The summed E-state index contributed by atoms with van der Waals surface area (Å²) in [6, 6.07) is 4.10. The molecular weight excluding hydrogens is 392 g/mol. The third kappa shape index (κ3) is 8.08. The van der Waals surface area contributed by atoms with Crippen LogP contribution in [-0.4, -0.2) is 80.3 Å². The van der Waals surface area contributed by atoms with E-state index in [0.29, 0.717) is 23.7 Å². The highest BCUT2D eigenvalue weighted by atomic mass is 16.6. The van der Waals surface area contributed by atoms with E-state index in [2.05, 4.69) is 10.2 Å². The van der Waals surface area contributed by atoms with Gasteiger partial charge in [0.2, 0.25) is 0 Å². The molecule has 1 aliphatic rings. The summed E-state index contributed by atoms with van der Waals surface area (Å²) in [5.41, 5.74) is -0.0212. The van der Waals surface area contributed by atoms with Crippen molar-refractivity contribution in [1.82, 2.24) is 10.2 Å². The zero-order valence-corrected chi connectivity index (χ0v) is 18.1. The Balaban J connectivity index is 1.95. The lowest BCUT2D eigenvalue weighted by Crippen LogP contribution is -2.44. The molecular formula is C21H32N2O7. The first kappa shape index (κ1) is 23.8. The molecule has 9 nitrogen and oxygen atoms in total. The number of rotatable bonds is 9. The zero-order chi connectivity index (χ0) is 22.1. The number of hydrogen-bond donors (Lipinski definition) is 2. The van der Waals surface area contributed by atoms with Gasteiger partial charge in [0.1, 0.15) is 18.2 Å². The van der Waals surface area contributed by atoms with Crippen molar-refractivity contribution >= 4 is 12.1 Å². The van der Waals surface area contributed by atoms with Crippen LogP contribution in [0.15, 0.2) is 18.2 Å². The Bertz CT molecular complexity index is 712. The van der Waals surface area contributed by atoms with Crippen molar-refractivity contribution < 1.29 is 33.6 Å². The molecule has 0 spiro atoms. The summed E-state index contributed by atoms with van der Waals surface area (Å²) in [5, 5.41) is 11.9. The molecule has 2 N–H and O–H groups in total. The molecule has 1 aliphatic heterocycles. The van der Waals surface area contributed by atoms with Crippen LogP contribution in [0.2, 0.25) is 0 Å². The Labute approximate surface area is 177 Å². The van der Waals surface area contributed by atoms with Crippen LogP contribution >= 0.6 is 0 Å². The summed E-state index contributed by atoms with van der Waals surface area (Å²) in [7, 11) is 1.53. The number of amides is 1. The number of methoxy groups -OCH3 is 1. The van der Waals surface area contributed by atoms with Gasteiger partial charge < -0.3 is 29.4 Å². The van der Waals surface area contributed by atoms with Gasteiger partial charge in [0.05, 0.1) is 20.3 Å². The van der Waals surface area contributed by atoms with Crippen LogP contribution < -0.4 is 14.8 Å². The first-order valence-electron chi connectivity index (χ1n) is 10.00. The lowest BCUT2D eigenvalue weighted by Gasteiger charge is -2.26. The highest BCUT2D eigenvalue weighted by molar-refractivity contribution is 5.80. The molecule has 0 saturated carbocycles. The molecule has 1 amide bonds. The first-order chi connectivity index (χ1) is 14.2. The molecule has 30 heavy (non-hydrogen) atoms. The summed E-state index contributed by atoms with van der Waals surface area (Å²) in [6.07, 6.45) is -0.691. The van der Waals surface area contributed by atoms with Gasteiger partial charge in [-0.25, -0.2) is 9.59 Å². The van der Waals surface area contributed by atoms with E-state index < -0.39 is 23.7 Å². The number of carboxylic acid groups (broad SMARTS) is 1. The molecule has 1 aromatic rings. The van der Waals surface area contributed by atoms with Crippen LogP contribution in [0.25, 0.3) is 0 Å². The number of morpholine rings is 1. The van der Waals surface area contributed by atoms with Crippen molar-refractivity contribution in [3.8, 4) is 11.5 Å². The Morgan fingerprint density at radius 2 is 1.93 bits per heavy atom. The van der Waals surface area contributed by atoms with Gasteiger partial charge in [0, 0.05) is 26.1 Å². The lowest BCUT2D eigenvalue weighted by molar-refractivity contribution is -0.139. The summed E-state index contributed by atoms with van der Waals surface area (Å²) in [5.74, 6) is -0.0527. The maximum absolute atomic E-state index is 11.9. The van der Waals surface area contributed by atoms with Gasteiger partial charge in [0.15, 0.2) is 11.5 Å². The molecule has 1 saturated heterocycles. The highest BCUT2D eigenvalue weighted by Crippen LogP contribution is 2.28. The molecule has 1 aromatic carbocycles. The van der Waals surface area contributed by atoms with E-state index in [1.54, 1.807) is 39.0 Å². The number of nitrogens with one attached hydrogen (secondary N) is 1. The van der Waals surface area contributed by atoms with Crippen molar-refractivity contribution in [2.45, 2.75) is 38.8 Å². The number of carbonyl (C=O) groups is 2. The predicted molar refractivity (Wildman–Crippen MR) is 110 cm³/mol. The van der Waals surface area contributed by atoms with Crippen molar-refractivity contribution in [3.63, 3.8) is 0 Å². The lowest BCUT2D eigenvalue weighted by atomic mass is 10.1. The van der Waals surface area contributed by atoms with E-state index in [4.69, 9.17) is 18.9 Å². The standard InChI is InChI=1S/C21H32N2O7/c1-21(2,3)30-20(26)22-16(19(24)25)13-15-5-6-17(18(14-15)27-4)29-12-9-23-7-10-28-11-8-23/h5-6,14,16H,7-13H2,1-4H3,(H,22,26)(H,24,25). The number of alkyl carbamates (subject to hydrolysis) is 1. The predicted octanol–water partition coefficient (Wildman–Crippen LogP) is 1.93. The SMILES string of the molecule is COc1cc(CC(NC(=O)OC(C)(C)C)C(=O)O)ccc1OCCN1CCOCC1. The third-order valence-electron chi connectivity index (χ3n) is 4.43. The number of aliphatic carboxylic acids is 1. The van der Waals surface area contributed by atoms with E-state index in [-0.39, 0.29) is 6.42 Å². The molecule has 1 fully saturated rings. The minimum absolute atomic E-state index is 0.0823. The van der Waals surface area contributed by atoms with E-state index >= 15 is 0 Å². The van der Waals surface area contributed by atoms with Crippen molar-refractivity contribution in [1.29, 1.82) is 0 Å². The molecule has 1 unspecified atom stereocenters. The fraction of sp³-hybridized carbons (Fsp3) is 0.619. The minimum Gasteiger partial charge on any atom is -0.493 e. The maximum atomic E-state index is 11.9. The Morgan fingerprint density at radius 3 is 2.53 bits per heavy atom. The van der Waals surface area contributed by atoms with Crippen molar-refractivity contribution in [2.24, 2.45) is 0 Å². The number of carbonyl (C=O) groups excluding carboxylic acids is 1. The van der Waals surface area contributed by atoms with E-state index in [9.17, 15) is 14.7 Å². The summed E-state index contributed by atoms with van der Waals surface area (Å²) < 4.78 is 21.7. The smallest absolute Gasteiger partial charge is 0.408 e. The van der Waals surface area contributed by atoms with E-state index in [1.165, 1.54) is 7.11 Å². The average molecular weight is 424 g/mol. The minimum atomic E-state index is -1.15. The number of carboxylic acids is 1. The van der Waals surface area contributed by atoms with Gasteiger partial charge >= 0.3 is 12.1 Å². The molecule has 2 rings (SSSR count).